The number of hydrogen-bond acceptors (Lipinski definition) is 3. The summed E-state index contributed by atoms with van der Waals surface area (Å²) in [6.45, 7) is 7.75. The number of carbonyl (C=O) groups is 1. The summed E-state index contributed by atoms with van der Waals surface area (Å²) in [5.41, 5.74) is -0.283. The Morgan fingerprint density at radius 1 is 0.359 bits per heavy atom. The standard InChI is InChI=1S/C61H111NO2/c1-6-9-12-15-18-21-24-27-30-33-36-39-42-45-48-51-56-61(64-60(63)55-54-59-62(4)5,57-52-49-46-43-40-37-34-31-28-25-22-19-16-13-10-7-2)58-53-50-47-44-41-38-35-32-29-26-23-20-17-14-11-8-3/h18-23,27-32H,6-17,24-26,33-59H2,1-5H3/b21-18-,22-19-,23-20-,30-27-,31-28-,32-29-. The lowest BCUT2D eigenvalue weighted by Crippen LogP contribution is -2.35. The Labute approximate surface area is 402 Å². The van der Waals surface area contributed by atoms with Gasteiger partial charge in [0.2, 0.25) is 0 Å². The summed E-state index contributed by atoms with van der Waals surface area (Å²) in [6, 6.07) is 0. The lowest BCUT2D eigenvalue weighted by Gasteiger charge is -2.34. The summed E-state index contributed by atoms with van der Waals surface area (Å²) in [5.74, 6) is 0.0435. The smallest absolute Gasteiger partial charge is 0.306 e. The fourth-order valence-electron chi connectivity index (χ4n) is 8.67. The third kappa shape index (κ3) is 47.8. The van der Waals surface area contributed by atoms with Crippen molar-refractivity contribution in [2.45, 2.75) is 290 Å². The molecular weight excluding hydrogens is 779 g/mol. The van der Waals surface area contributed by atoms with E-state index in [-0.39, 0.29) is 11.6 Å². The van der Waals surface area contributed by atoms with Crippen LogP contribution in [0.2, 0.25) is 0 Å². The molecule has 0 amide bonds. The van der Waals surface area contributed by atoms with Gasteiger partial charge in [-0.2, -0.15) is 0 Å². The van der Waals surface area contributed by atoms with Crippen molar-refractivity contribution < 1.29 is 9.53 Å². The molecule has 0 radical (unpaired) electrons. The summed E-state index contributed by atoms with van der Waals surface area (Å²) in [5, 5.41) is 0. The van der Waals surface area contributed by atoms with Gasteiger partial charge < -0.3 is 9.64 Å². The third-order valence-corrected chi connectivity index (χ3v) is 12.8. The molecule has 372 valence electrons. The van der Waals surface area contributed by atoms with E-state index in [1.54, 1.807) is 0 Å². The number of allylic oxidation sites excluding steroid dienone is 12. The Kier molecular flexibility index (Phi) is 50.1. The first-order valence-corrected chi connectivity index (χ1v) is 28.3. The molecule has 3 nitrogen and oxygen atoms in total. The number of ether oxygens (including phenoxy) is 1. The molecule has 0 bridgehead atoms. The van der Waals surface area contributed by atoms with Crippen LogP contribution in [0.3, 0.4) is 0 Å². The summed E-state index contributed by atoms with van der Waals surface area (Å²) in [7, 11) is 4.19. The van der Waals surface area contributed by atoms with E-state index in [2.05, 4.69) is 113 Å². The monoisotopic (exact) mass is 890 g/mol. The van der Waals surface area contributed by atoms with E-state index in [1.807, 2.05) is 0 Å². The molecule has 0 rings (SSSR count). The number of unbranched alkanes of at least 4 members (excludes halogenated alkanes) is 27. The zero-order valence-corrected chi connectivity index (χ0v) is 43.9. The summed E-state index contributed by atoms with van der Waals surface area (Å²) >= 11 is 0. The molecule has 0 aromatic rings. The molecule has 0 unspecified atom stereocenters. The van der Waals surface area contributed by atoms with Crippen molar-refractivity contribution in [3.05, 3.63) is 72.9 Å². The predicted octanol–water partition coefficient (Wildman–Crippen LogP) is 20.2. The van der Waals surface area contributed by atoms with Gasteiger partial charge in [0.25, 0.3) is 0 Å². The fourth-order valence-corrected chi connectivity index (χ4v) is 8.67. The van der Waals surface area contributed by atoms with E-state index in [9.17, 15) is 4.79 Å². The van der Waals surface area contributed by atoms with Gasteiger partial charge in [-0.15, -0.1) is 0 Å². The first-order chi connectivity index (χ1) is 31.5. The SMILES string of the molecule is CCCCC/C=C\C/C=C\CCCCCCCCC(CCCCCCCC/C=C\C/C=C\CCCCC)(CCCCCCCC/C=C\C/C=C\CCCCC)OC(=O)CCCN(C)C. The lowest BCUT2D eigenvalue weighted by molar-refractivity contribution is -0.163. The van der Waals surface area contributed by atoms with Gasteiger partial charge in [-0.3, -0.25) is 4.79 Å². The molecule has 0 fully saturated rings. The first kappa shape index (κ1) is 61.9. The molecule has 0 N–H and O–H groups in total. The Morgan fingerprint density at radius 3 is 0.906 bits per heavy atom. The van der Waals surface area contributed by atoms with E-state index in [4.69, 9.17) is 4.74 Å². The zero-order valence-electron chi connectivity index (χ0n) is 43.9. The van der Waals surface area contributed by atoms with Gasteiger partial charge in [-0.05, 0) is 162 Å². The summed E-state index contributed by atoms with van der Waals surface area (Å²) < 4.78 is 6.70. The highest BCUT2D eigenvalue weighted by Gasteiger charge is 2.33. The molecule has 0 aromatic carbocycles. The second kappa shape index (κ2) is 51.8. The van der Waals surface area contributed by atoms with Gasteiger partial charge >= 0.3 is 5.97 Å². The number of hydrogen-bond donors (Lipinski definition) is 0. The van der Waals surface area contributed by atoms with Crippen LogP contribution in [0.25, 0.3) is 0 Å². The Balaban J connectivity index is 5.03. The van der Waals surface area contributed by atoms with E-state index in [0.717, 1.165) is 51.5 Å². The molecule has 0 spiro atoms. The topological polar surface area (TPSA) is 29.5 Å². The molecule has 0 aliphatic heterocycles. The minimum atomic E-state index is -0.283. The van der Waals surface area contributed by atoms with Crippen molar-refractivity contribution in [3.8, 4) is 0 Å². The van der Waals surface area contributed by atoms with Gasteiger partial charge in [0.05, 0.1) is 0 Å². The van der Waals surface area contributed by atoms with Crippen LogP contribution >= 0.6 is 0 Å². The fraction of sp³-hybridized carbons (Fsp3) is 0.787. The molecule has 0 atom stereocenters. The number of esters is 1. The van der Waals surface area contributed by atoms with Gasteiger partial charge in [0, 0.05) is 6.42 Å². The Morgan fingerprint density at radius 2 is 0.625 bits per heavy atom. The molecule has 0 saturated heterocycles. The van der Waals surface area contributed by atoms with Gasteiger partial charge in [0.15, 0.2) is 0 Å². The van der Waals surface area contributed by atoms with Crippen LogP contribution in [-0.2, 0) is 9.53 Å². The molecule has 64 heavy (non-hydrogen) atoms. The van der Waals surface area contributed by atoms with Crippen molar-refractivity contribution in [2.75, 3.05) is 20.6 Å². The van der Waals surface area contributed by atoms with Crippen LogP contribution in [-0.4, -0.2) is 37.1 Å². The minimum Gasteiger partial charge on any atom is -0.459 e. The quantitative estimate of drug-likeness (QED) is 0.0346. The molecular formula is C61H111NO2. The highest BCUT2D eigenvalue weighted by atomic mass is 16.6. The maximum absolute atomic E-state index is 13.5. The van der Waals surface area contributed by atoms with Crippen LogP contribution < -0.4 is 0 Å². The van der Waals surface area contributed by atoms with E-state index < -0.39 is 0 Å². The molecule has 0 aromatic heterocycles. The highest BCUT2D eigenvalue weighted by Crippen LogP contribution is 2.34. The number of carbonyl (C=O) groups excluding carboxylic acids is 1. The maximum Gasteiger partial charge on any atom is 0.306 e. The molecule has 0 heterocycles. The van der Waals surface area contributed by atoms with Crippen LogP contribution in [0.15, 0.2) is 72.9 Å². The van der Waals surface area contributed by atoms with Crippen molar-refractivity contribution >= 4 is 5.97 Å². The van der Waals surface area contributed by atoms with E-state index in [0.29, 0.717) is 6.42 Å². The van der Waals surface area contributed by atoms with Crippen molar-refractivity contribution in [2.24, 2.45) is 0 Å². The average molecular weight is 891 g/mol. The van der Waals surface area contributed by atoms with E-state index >= 15 is 0 Å². The number of nitrogens with zero attached hydrogens (tertiary/aromatic N) is 1. The molecule has 0 saturated carbocycles. The second-order valence-electron chi connectivity index (χ2n) is 19.6. The summed E-state index contributed by atoms with van der Waals surface area (Å²) in [4.78, 5) is 15.7. The molecule has 0 aliphatic carbocycles. The average Bonchev–Trinajstić information content (AvgIpc) is 3.28. The first-order valence-electron chi connectivity index (χ1n) is 28.3. The largest absolute Gasteiger partial charge is 0.459 e. The van der Waals surface area contributed by atoms with E-state index in [1.165, 1.54) is 212 Å². The highest BCUT2D eigenvalue weighted by molar-refractivity contribution is 5.69. The van der Waals surface area contributed by atoms with Crippen LogP contribution in [0.5, 0.6) is 0 Å². The Bertz CT molecular complexity index is 1010. The molecule has 0 aliphatic rings. The van der Waals surface area contributed by atoms with Crippen LogP contribution in [0, 0.1) is 0 Å². The van der Waals surface area contributed by atoms with Crippen molar-refractivity contribution in [1.82, 2.24) is 4.90 Å². The van der Waals surface area contributed by atoms with Gasteiger partial charge in [0.1, 0.15) is 5.60 Å². The summed E-state index contributed by atoms with van der Waals surface area (Å²) in [6.07, 6.45) is 78.3. The Hall–Kier alpha value is -2.13. The van der Waals surface area contributed by atoms with Gasteiger partial charge in [-0.25, -0.2) is 0 Å². The normalized spacial score (nSPS) is 12.7. The number of rotatable bonds is 50. The maximum atomic E-state index is 13.5. The second-order valence-corrected chi connectivity index (χ2v) is 19.6. The predicted molar refractivity (Wildman–Crippen MR) is 289 cm³/mol. The zero-order chi connectivity index (χ0) is 46.5. The van der Waals surface area contributed by atoms with Crippen LogP contribution in [0.1, 0.15) is 284 Å². The van der Waals surface area contributed by atoms with Crippen LogP contribution in [0.4, 0.5) is 0 Å². The minimum absolute atomic E-state index is 0.0435. The third-order valence-electron chi connectivity index (χ3n) is 12.8. The van der Waals surface area contributed by atoms with Crippen molar-refractivity contribution in [1.29, 1.82) is 0 Å². The molecule has 3 heteroatoms. The van der Waals surface area contributed by atoms with Crippen molar-refractivity contribution in [3.63, 3.8) is 0 Å². The lowest BCUT2D eigenvalue weighted by atomic mass is 9.84. The van der Waals surface area contributed by atoms with Gasteiger partial charge in [-0.1, -0.05) is 209 Å².